The molecule has 1 N–H and O–H groups in total. The Morgan fingerprint density at radius 2 is 2.00 bits per heavy atom. The fourth-order valence-corrected chi connectivity index (χ4v) is 3.40. The van der Waals surface area contributed by atoms with Gasteiger partial charge in [-0.3, -0.25) is 4.79 Å². The van der Waals surface area contributed by atoms with Crippen LogP contribution in [0.3, 0.4) is 0 Å². The van der Waals surface area contributed by atoms with E-state index in [0.29, 0.717) is 18.9 Å². The third-order valence-electron chi connectivity index (χ3n) is 3.80. The molecule has 1 heterocycles. The maximum Gasteiger partial charge on any atom is 0.230 e. The highest BCUT2D eigenvalue weighted by Gasteiger charge is 2.21. The molecule has 0 unspecified atom stereocenters. The van der Waals surface area contributed by atoms with Crippen molar-refractivity contribution in [1.82, 2.24) is 5.32 Å². The Bertz CT molecular complexity index is 732. The standard InChI is InChI=1S/C19H21NO3S/c1-13-7-8-14(2)18(9-13)24-12-19(21)20-10-15-11-22-16-5-3-4-6-17(16)23-15/h3-9,15H,10-12H2,1-2H3,(H,20,21)/t15-/m1/s1. The number of carbonyl (C=O) groups excluding carboxylic acids is 1. The number of para-hydroxylation sites is 2. The van der Waals surface area contributed by atoms with Crippen LogP contribution in [0, 0.1) is 13.8 Å². The first-order chi connectivity index (χ1) is 11.6. The van der Waals surface area contributed by atoms with Gasteiger partial charge in [0.25, 0.3) is 0 Å². The molecule has 0 saturated carbocycles. The number of rotatable bonds is 5. The fraction of sp³-hybridized carbons (Fsp3) is 0.316. The number of aryl methyl sites for hydroxylation is 2. The Kier molecular flexibility index (Phi) is 5.30. The van der Waals surface area contributed by atoms with Crippen LogP contribution in [0.4, 0.5) is 0 Å². The van der Waals surface area contributed by atoms with E-state index in [1.165, 1.54) is 11.1 Å². The summed E-state index contributed by atoms with van der Waals surface area (Å²) in [4.78, 5) is 13.2. The molecule has 1 amide bonds. The lowest BCUT2D eigenvalue weighted by atomic mass is 10.2. The van der Waals surface area contributed by atoms with Gasteiger partial charge < -0.3 is 14.8 Å². The van der Waals surface area contributed by atoms with Crippen molar-refractivity contribution < 1.29 is 14.3 Å². The molecule has 2 aromatic rings. The van der Waals surface area contributed by atoms with Crippen LogP contribution in [0.15, 0.2) is 47.4 Å². The predicted octanol–water partition coefficient (Wildman–Crippen LogP) is 3.35. The Hall–Kier alpha value is -2.14. The first-order valence-corrected chi connectivity index (χ1v) is 8.95. The van der Waals surface area contributed by atoms with Gasteiger partial charge in [0.05, 0.1) is 12.3 Å². The molecule has 0 aliphatic carbocycles. The molecule has 0 fully saturated rings. The molecule has 24 heavy (non-hydrogen) atoms. The van der Waals surface area contributed by atoms with Crippen molar-refractivity contribution in [2.45, 2.75) is 24.8 Å². The van der Waals surface area contributed by atoms with E-state index in [0.717, 1.165) is 16.4 Å². The summed E-state index contributed by atoms with van der Waals surface area (Å²) in [6, 6.07) is 13.9. The molecule has 4 nitrogen and oxygen atoms in total. The minimum atomic E-state index is -0.158. The first kappa shape index (κ1) is 16.7. The van der Waals surface area contributed by atoms with Crippen LogP contribution in [0.2, 0.25) is 0 Å². The van der Waals surface area contributed by atoms with Crippen LogP contribution in [0.5, 0.6) is 11.5 Å². The normalized spacial score (nSPS) is 15.8. The number of nitrogens with one attached hydrogen (secondary N) is 1. The van der Waals surface area contributed by atoms with Gasteiger partial charge in [0.1, 0.15) is 12.7 Å². The topological polar surface area (TPSA) is 47.6 Å². The highest BCUT2D eigenvalue weighted by molar-refractivity contribution is 8.00. The zero-order valence-corrected chi connectivity index (χ0v) is 14.7. The van der Waals surface area contributed by atoms with E-state index >= 15 is 0 Å². The summed E-state index contributed by atoms with van der Waals surface area (Å²) >= 11 is 1.56. The molecule has 1 aliphatic heterocycles. The van der Waals surface area contributed by atoms with E-state index in [-0.39, 0.29) is 12.0 Å². The van der Waals surface area contributed by atoms with Crippen LogP contribution in [-0.4, -0.2) is 30.9 Å². The Balaban J connectivity index is 1.46. The fourth-order valence-electron chi connectivity index (χ4n) is 2.45. The van der Waals surface area contributed by atoms with E-state index in [1.54, 1.807) is 11.8 Å². The zero-order chi connectivity index (χ0) is 16.9. The van der Waals surface area contributed by atoms with Gasteiger partial charge in [-0.15, -0.1) is 11.8 Å². The number of hydrogen-bond acceptors (Lipinski definition) is 4. The summed E-state index contributed by atoms with van der Waals surface area (Å²) in [5, 5.41) is 2.92. The highest BCUT2D eigenvalue weighted by atomic mass is 32.2. The summed E-state index contributed by atoms with van der Waals surface area (Å²) in [5.74, 6) is 1.88. The minimum Gasteiger partial charge on any atom is -0.486 e. The predicted molar refractivity (Wildman–Crippen MR) is 96.0 cm³/mol. The third kappa shape index (κ3) is 4.23. The SMILES string of the molecule is Cc1ccc(C)c(SCC(=O)NC[C@@H]2COc3ccccc3O2)c1. The molecule has 0 saturated heterocycles. The summed E-state index contributed by atoms with van der Waals surface area (Å²) in [7, 11) is 0. The minimum absolute atomic E-state index is 0.00312. The average Bonchev–Trinajstić information content (AvgIpc) is 2.60. The first-order valence-electron chi connectivity index (χ1n) is 7.97. The second-order valence-electron chi connectivity index (χ2n) is 5.86. The number of carbonyl (C=O) groups is 1. The van der Waals surface area contributed by atoms with Crippen LogP contribution in [0.25, 0.3) is 0 Å². The van der Waals surface area contributed by atoms with Crippen molar-refractivity contribution in [2.24, 2.45) is 0 Å². The molecule has 0 radical (unpaired) electrons. The van der Waals surface area contributed by atoms with E-state index in [2.05, 4.69) is 37.4 Å². The highest BCUT2D eigenvalue weighted by Crippen LogP contribution is 2.30. The van der Waals surface area contributed by atoms with Crippen LogP contribution < -0.4 is 14.8 Å². The lowest BCUT2D eigenvalue weighted by Gasteiger charge is -2.26. The molecular weight excluding hydrogens is 322 g/mol. The molecule has 126 valence electrons. The zero-order valence-electron chi connectivity index (χ0n) is 13.9. The lowest BCUT2D eigenvalue weighted by Crippen LogP contribution is -2.41. The van der Waals surface area contributed by atoms with Crippen LogP contribution in [-0.2, 0) is 4.79 Å². The number of ether oxygens (including phenoxy) is 2. The number of amides is 1. The third-order valence-corrected chi connectivity index (χ3v) is 4.95. The molecule has 1 aliphatic rings. The molecule has 2 aromatic carbocycles. The Morgan fingerprint density at radius 3 is 2.83 bits per heavy atom. The molecule has 5 heteroatoms. The molecule has 1 atom stereocenters. The van der Waals surface area contributed by atoms with Gasteiger partial charge in [-0.25, -0.2) is 0 Å². The second kappa shape index (κ2) is 7.62. The summed E-state index contributed by atoms with van der Waals surface area (Å²) in [5.41, 5.74) is 2.40. The van der Waals surface area contributed by atoms with E-state index in [1.807, 2.05) is 24.3 Å². The van der Waals surface area contributed by atoms with Gasteiger partial charge >= 0.3 is 0 Å². The molecule has 0 bridgehead atoms. The number of thioether (sulfide) groups is 1. The van der Waals surface area contributed by atoms with Gasteiger partial charge in [0.15, 0.2) is 11.5 Å². The van der Waals surface area contributed by atoms with Crippen molar-refractivity contribution in [3.8, 4) is 11.5 Å². The van der Waals surface area contributed by atoms with Gasteiger partial charge in [0.2, 0.25) is 5.91 Å². The number of benzene rings is 2. The van der Waals surface area contributed by atoms with Crippen LogP contribution >= 0.6 is 11.8 Å². The van der Waals surface area contributed by atoms with Gasteiger partial charge in [-0.05, 0) is 37.6 Å². The monoisotopic (exact) mass is 343 g/mol. The van der Waals surface area contributed by atoms with Crippen molar-refractivity contribution in [1.29, 1.82) is 0 Å². The lowest BCUT2D eigenvalue weighted by molar-refractivity contribution is -0.119. The van der Waals surface area contributed by atoms with Crippen molar-refractivity contribution >= 4 is 17.7 Å². The smallest absolute Gasteiger partial charge is 0.230 e. The Labute approximate surface area is 146 Å². The summed E-state index contributed by atoms with van der Waals surface area (Å²) in [6.45, 7) is 5.01. The molecule has 3 rings (SSSR count). The maximum absolute atomic E-state index is 12.1. The van der Waals surface area contributed by atoms with Crippen molar-refractivity contribution in [3.63, 3.8) is 0 Å². The van der Waals surface area contributed by atoms with E-state index < -0.39 is 0 Å². The summed E-state index contributed by atoms with van der Waals surface area (Å²) in [6.07, 6.45) is -0.158. The molecule has 0 spiro atoms. The molecular formula is C19H21NO3S. The van der Waals surface area contributed by atoms with Crippen molar-refractivity contribution in [2.75, 3.05) is 18.9 Å². The van der Waals surface area contributed by atoms with Gasteiger partial charge in [0, 0.05) is 4.90 Å². The Morgan fingerprint density at radius 1 is 1.21 bits per heavy atom. The second-order valence-corrected chi connectivity index (χ2v) is 6.88. The van der Waals surface area contributed by atoms with Gasteiger partial charge in [-0.1, -0.05) is 29.8 Å². The van der Waals surface area contributed by atoms with Crippen LogP contribution in [0.1, 0.15) is 11.1 Å². The quantitative estimate of drug-likeness (QED) is 0.846. The molecule has 0 aromatic heterocycles. The van der Waals surface area contributed by atoms with Gasteiger partial charge in [-0.2, -0.15) is 0 Å². The average molecular weight is 343 g/mol. The largest absolute Gasteiger partial charge is 0.486 e. The van der Waals surface area contributed by atoms with Crippen molar-refractivity contribution in [3.05, 3.63) is 53.6 Å². The van der Waals surface area contributed by atoms with E-state index in [9.17, 15) is 4.79 Å². The maximum atomic E-state index is 12.1. The van der Waals surface area contributed by atoms with E-state index in [4.69, 9.17) is 9.47 Å². The number of hydrogen-bond donors (Lipinski definition) is 1. The number of fused-ring (bicyclic) bond motifs is 1. The summed E-state index contributed by atoms with van der Waals surface area (Å²) < 4.78 is 11.5.